The van der Waals surface area contributed by atoms with Gasteiger partial charge >= 0.3 is 12.4 Å². The summed E-state index contributed by atoms with van der Waals surface area (Å²) < 4.78 is 79.3. The van der Waals surface area contributed by atoms with E-state index < -0.39 is 41.3 Å². The van der Waals surface area contributed by atoms with Crippen LogP contribution in [0.15, 0.2) is 24.3 Å². The molecular weight excluding hydrogens is 378 g/mol. The number of aliphatic hydroxyl groups excluding tert-OH is 1. The normalized spacial score (nSPS) is 19.8. The highest BCUT2D eigenvalue weighted by Crippen LogP contribution is 2.39. The molecule has 0 unspecified atom stereocenters. The van der Waals surface area contributed by atoms with Gasteiger partial charge in [0.05, 0.1) is 23.2 Å². The van der Waals surface area contributed by atoms with Crippen LogP contribution in [0.2, 0.25) is 0 Å². The summed E-state index contributed by atoms with van der Waals surface area (Å²) in [7, 11) is 0. The molecule has 1 aliphatic rings. The molecule has 2 heterocycles. The van der Waals surface area contributed by atoms with Gasteiger partial charge in [-0.15, -0.1) is 0 Å². The van der Waals surface area contributed by atoms with Crippen molar-refractivity contribution < 1.29 is 36.2 Å². The lowest BCUT2D eigenvalue weighted by atomic mass is 9.91. The Bertz CT molecular complexity index is 878. The number of pyridine rings is 1. The molecule has 1 aromatic heterocycles. The smallest absolute Gasteiger partial charge is 0.386 e. The molecule has 1 aromatic carbocycles. The fourth-order valence-electron chi connectivity index (χ4n) is 3.18. The minimum atomic E-state index is -5.00. The van der Waals surface area contributed by atoms with E-state index in [9.17, 15) is 36.2 Å². The summed E-state index contributed by atoms with van der Waals surface area (Å²) in [6.45, 7) is 0. The van der Waals surface area contributed by atoms with Crippen molar-refractivity contribution >= 4 is 16.8 Å². The van der Waals surface area contributed by atoms with E-state index in [-0.39, 0.29) is 29.7 Å². The SMILES string of the molecule is O=C1CCC[C@@H]([C@H](O)c2cc(C(F)(F)F)nc3c(C(F)(F)F)cccc23)N1. The first-order valence-corrected chi connectivity index (χ1v) is 8.04. The van der Waals surface area contributed by atoms with Gasteiger partial charge in [0.25, 0.3) is 0 Å². The zero-order chi connectivity index (χ0) is 20.0. The third kappa shape index (κ3) is 3.85. The number of aromatic nitrogens is 1. The van der Waals surface area contributed by atoms with Crippen LogP contribution in [0.1, 0.15) is 42.2 Å². The van der Waals surface area contributed by atoms with Crippen LogP contribution in [-0.2, 0) is 17.1 Å². The molecule has 0 bridgehead atoms. The maximum Gasteiger partial charge on any atom is 0.433 e. The average Bonchev–Trinajstić information content (AvgIpc) is 2.58. The molecule has 1 saturated heterocycles. The van der Waals surface area contributed by atoms with Crippen LogP contribution < -0.4 is 5.32 Å². The molecule has 27 heavy (non-hydrogen) atoms. The molecule has 0 radical (unpaired) electrons. The molecule has 146 valence electrons. The van der Waals surface area contributed by atoms with E-state index in [2.05, 4.69) is 10.3 Å². The van der Waals surface area contributed by atoms with Crippen molar-refractivity contribution in [2.24, 2.45) is 0 Å². The Morgan fingerprint density at radius 3 is 2.44 bits per heavy atom. The number of halogens is 6. The van der Waals surface area contributed by atoms with E-state index in [0.717, 1.165) is 6.07 Å². The third-order valence-electron chi connectivity index (χ3n) is 4.43. The summed E-state index contributed by atoms with van der Waals surface area (Å²) in [5.74, 6) is -0.379. The van der Waals surface area contributed by atoms with Crippen LogP contribution >= 0.6 is 0 Å². The van der Waals surface area contributed by atoms with Crippen LogP contribution in [-0.4, -0.2) is 22.0 Å². The molecule has 1 fully saturated rings. The van der Waals surface area contributed by atoms with E-state index in [1.54, 1.807) is 0 Å². The molecule has 0 aliphatic carbocycles. The van der Waals surface area contributed by atoms with Crippen molar-refractivity contribution in [2.75, 3.05) is 0 Å². The summed E-state index contributed by atoms with van der Waals surface area (Å²) in [6, 6.07) is 2.48. The summed E-state index contributed by atoms with van der Waals surface area (Å²) in [6.07, 6.45) is -10.6. The molecule has 2 N–H and O–H groups in total. The number of nitrogens with zero attached hydrogens (tertiary/aromatic N) is 1. The second-order valence-electron chi connectivity index (χ2n) is 6.31. The topological polar surface area (TPSA) is 62.2 Å². The Balaban J connectivity index is 2.23. The number of aliphatic hydroxyl groups is 1. The third-order valence-corrected chi connectivity index (χ3v) is 4.43. The minimum absolute atomic E-state index is 0.215. The summed E-state index contributed by atoms with van der Waals surface area (Å²) in [5.41, 5.74) is -4.11. The number of hydrogen-bond acceptors (Lipinski definition) is 3. The van der Waals surface area contributed by atoms with Crippen LogP contribution in [0.3, 0.4) is 0 Å². The van der Waals surface area contributed by atoms with Gasteiger partial charge in [-0.3, -0.25) is 4.79 Å². The molecular formula is C17H14F6N2O2. The van der Waals surface area contributed by atoms with Gasteiger partial charge in [0.1, 0.15) is 5.69 Å². The number of piperidine rings is 1. The first-order chi connectivity index (χ1) is 12.5. The first-order valence-electron chi connectivity index (χ1n) is 8.04. The molecule has 0 saturated carbocycles. The van der Waals surface area contributed by atoms with Crippen molar-refractivity contribution in [2.45, 2.75) is 43.8 Å². The predicted octanol–water partition coefficient (Wildman–Crippen LogP) is 3.97. The van der Waals surface area contributed by atoms with Gasteiger partial charge in [0.2, 0.25) is 5.91 Å². The highest BCUT2D eigenvalue weighted by Gasteiger charge is 2.39. The van der Waals surface area contributed by atoms with Gasteiger partial charge in [0, 0.05) is 11.8 Å². The highest BCUT2D eigenvalue weighted by atomic mass is 19.4. The number of carbonyl (C=O) groups is 1. The maximum atomic E-state index is 13.2. The van der Waals surface area contributed by atoms with Gasteiger partial charge in [-0.2, -0.15) is 26.3 Å². The lowest BCUT2D eigenvalue weighted by molar-refractivity contribution is -0.142. The number of benzene rings is 1. The van der Waals surface area contributed by atoms with E-state index >= 15 is 0 Å². The monoisotopic (exact) mass is 392 g/mol. The van der Waals surface area contributed by atoms with E-state index in [1.165, 1.54) is 6.07 Å². The van der Waals surface area contributed by atoms with Crippen molar-refractivity contribution in [1.29, 1.82) is 0 Å². The number of rotatable bonds is 2. The van der Waals surface area contributed by atoms with Crippen molar-refractivity contribution in [1.82, 2.24) is 10.3 Å². The van der Waals surface area contributed by atoms with Gasteiger partial charge in [-0.25, -0.2) is 4.98 Å². The molecule has 3 rings (SSSR count). The number of amides is 1. The average molecular weight is 392 g/mol. The van der Waals surface area contributed by atoms with Crippen molar-refractivity contribution in [3.05, 3.63) is 41.1 Å². The lowest BCUT2D eigenvalue weighted by Crippen LogP contribution is -2.42. The standard InChI is InChI=1S/C17H14F6N2O2/c18-16(19,20)10-4-1-3-8-9(7-12(17(21,22)23)25-14(8)10)15(27)11-5-2-6-13(26)24-11/h1,3-4,7,11,15,27H,2,5-6H2,(H,24,26)/t11-,15+/m0/s1. The second-order valence-corrected chi connectivity index (χ2v) is 6.31. The number of carbonyl (C=O) groups excluding carboxylic acids is 1. The second kappa shape index (κ2) is 6.66. The first kappa shape index (κ1) is 19.4. The van der Waals surface area contributed by atoms with E-state index in [1.807, 2.05) is 0 Å². The Morgan fingerprint density at radius 2 is 1.85 bits per heavy atom. The number of alkyl halides is 6. The summed E-state index contributed by atoms with van der Waals surface area (Å²) in [4.78, 5) is 14.7. The zero-order valence-corrected chi connectivity index (χ0v) is 13.7. The Morgan fingerprint density at radius 1 is 1.15 bits per heavy atom. The summed E-state index contributed by atoms with van der Waals surface area (Å²) >= 11 is 0. The largest absolute Gasteiger partial charge is 0.433 e. The fourth-order valence-corrected chi connectivity index (χ4v) is 3.18. The Labute approximate surface area is 149 Å². The van der Waals surface area contributed by atoms with Crippen LogP contribution in [0.5, 0.6) is 0 Å². The number of fused-ring (bicyclic) bond motifs is 1. The predicted molar refractivity (Wildman–Crippen MR) is 82.5 cm³/mol. The Kier molecular flexibility index (Phi) is 4.79. The number of nitrogens with one attached hydrogen (secondary N) is 1. The van der Waals surface area contributed by atoms with Crippen LogP contribution in [0.25, 0.3) is 10.9 Å². The molecule has 2 aromatic rings. The zero-order valence-electron chi connectivity index (χ0n) is 13.7. The summed E-state index contributed by atoms with van der Waals surface area (Å²) in [5, 5.41) is 12.8. The minimum Gasteiger partial charge on any atom is -0.386 e. The fraction of sp³-hybridized carbons (Fsp3) is 0.412. The van der Waals surface area contributed by atoms with Gasteiger partial charge in [-0.1, -0.05) is 12.1 Å². The molecule has 1 amide bonds. The van der Waals surface area contributed by atoms with Crippen molar-refractivity contribution in [3.8, 4) is 0 Å². The molecule has 0 spiro atoms. The van der Waals surface area contributed by atoms with Gasteiger partial charge < -0.3 is 10.4 Å². The molecule has 10 heteroatoms. The molecule has 2 atom stereocenters. The van der Waals surface area contributed by atoms with Crippen LogP contribution in [0.4, 0.5) is 26.3 Å². The van der Waals surface area contributed by atoms with Crippen LogP contribution in [0, 0.1) is 0 Å². The van der Waals surface area contributed by atoms with Gasteiger partial charge in [-0.05, 0) is 30.5 Å². The van der Waals surface area contributed by atoms with Gasteiger partial charge in [0.15, 0.2) is 0 Å². The number of hydrogen-bond donors (Lipinski definition) is 2. The van der Waals surface area contributed by atoms with Crippen molar-refractivity contribution in [3.63, 3.8) is 0 Å². The van der Waals surface area contributed by atoms with E-state index in [4.69, 9.17) is 0 Å². The highest BCUT2D eigenvalue weighted by molar-refractivity contribution is 5.86. The van der Waals surface area contributed by atoms with E-state index in [0.29, 0.717) is 18.6 Å². The quantitative estimate of drug-likeness (QED) is 0.761. The lowest BCUT2D eigenvalue weighted by Gasteiger charge is -2.29. The Hall–Kier alpha value is -2.36. The maximum absolute atomic E-state index is 13.2. The molecule has 1 aliphatic heterocycles. The molecule has 4 nitrogen and oxygen atoms in total. The number of para-hydroxylation sites is 1.